The first-order chi connectivity index (χ1) is 10.2. The number of benzene rings is 1. The quantitative estimate of drug-likeness (QED) is 0.804. The summed E-state index contributed by atoms with van der Waals surface area (Å²) in [5.74, 6) is 0. The van der Waals surface area contributed by atoms with Gasteiger partial charge in [-0.3, -0.25) is 0 Å². The summed E-state index contributed by atoms with van der Waals surface area (Å²) in [5, 5.41) is 0.637. The fraction of sp³-hybridized carbons (Fsp3) is 0.562. The van der Waals surface area contributed by atoms with Crippen LogP contribution in [0.5, 0.6) is 0 Å². The Morgan fingerprint density at radius 3 is 2.59 bits per heavy atom. The summed E-state index contributed by atoms with van der Waals surface area (Å²) in [6.45, 7) is 9.51. The summed E-state index contributed by atoms with van der Waals surface area (Å²) in [6, 6.07) is 5.63. The summed E-state index contributed by atoms with van der Waals surface area (Å²) in [4.78, 5) is 16.1. The van der Waals surface area contributed by atoms with E-state index in [1.165, 1.54) is 0 Å². The number of carbonyl (C=O) groups excluding carboxylic acids is 1. The lowest BCUT2D eigenvalue weighted by Crippen LogP contribution is -2.54. The van der Waals surface area contributed by atoms with Crippen molar-refractivity contribution in [1.29, 1.82) is 0 Å². The number of anilines is 2. The average Bonchev–Trinajstić information content (AvgIpc) is 2.38. The van der Waals surface area contributed by atoms with Crippen LogP contribution in [0.25, 0.3) is 0 Å². The first-order valence-electron chi connectivity index (χ1n) is 7.47. The van der Waals surface area contributed by atoms with Crippen LogP contribution in [0.15, 0.2) is 18.2 Å². The van der Waals surface area contributed by atoms with E-state index in [0.29, 0.717) is 30.3 Å². The number of carbonyl (C=O) groups is 1. The summed E-state index contributed by atoms with van der Waals surface area (Å²) in [6.07, 6.45) is -0.272. The Kier molecular flexibility index (Phi) is 4.75. The van der Waals surface area contributed by atoms with Crippen molar-refractivity contribution in [3.8, 4) is 0 Å². The first kappa shape index (κ1) is 16.7. The second kappa shape index (κ2) is 6.24. The predicted molar refractivity (Wildman–Crippen MR) is 90.5 cm³/mol. The van der Waals surface area contributed by atoms with Crippen molar-refractivity contribution in [2.75, 3.05) is 30.3 Å². The highest BCUT2D eigenvalue weighted by atomic mass is 35.5. The van der Waals surface area contributed by atoms with Gasteiger partial charge in [-0.15, -0.1) is 0 Å². The van der Waals surface area contributed by atoms with Gasteiger partial charge in [0.15, 0.2) is 0 Å². The molecule has 1 unspecified atom stereocenters. The van der Waals surface area contributed by atoms with Crippen LogP contribution in [-0.2, 0) is 4.74 Å². The lowest BCUT2D eigenvalue weighted by atomic mass is 10.1. The molecule has 1 amide bonds. The molecule has 1 fully saturated rings. The molecule has 0 aromatic heterocycles. The molecule has 2 rings (SSSR count). The van der Waals surface area contributed by atoms with E-state index < -0.39 is 5.60 Å². The highest BCUT2D eigenvalue weighted by Gasteiger charge is 2.31. The maximum atomic E-state index is 12.2. The minimum absolute atomic E-state index is 0.114. The van der Waals surface area contributed by atoms with Crippen molar-refractivity contribution in [3.05, 3.63) is 23.2 Å². The smallest absolute Gasteiger partial charge is 0.410 e. The lowest BCUT2D eigenvalue weighted by molar-refractivity contribution is 0.0219. The number of amides is 1. The molecule has 0 saturated carbocycles. The van der Waals surface area contributed by atoms with Crippen LogP contribution < -0.4 is 10.6 Å². The van der Waals surface area contributed by atoms with Crippen molar-refractivity contribution in [2.24, 2.45) is 0 Å². The molecule has 6 heteroatoms. The molecule has 1 aliphatic heterocycles. The van der Waals surface area contributed by atoms with Gasteiger partial charge >= 0.3 is 6.09 Å². The Hall–Kier alpha value is -1.62. The zero-order valence-corrected chi connectivity index (χ0v) is 14.4. The van der Waals surface area contributed by atoms with Crippen LogP contribution in [-0.4, -0.2) is 42.3 Å². The Labute approximate surface area is 137 Å². The number of rotatable bonds is 1. The number of halogens is 1. The zero-order valence-electron chi connectivity index (χ0n) is 13.6. The Morgan fingerprint density at radius 2 is 2.05 bits per heavy atom. The summed E-state index contributed by atoms with van der Waals surface area (Å²) in [5.41, 5.74) is 7.08. The van der Waals surface area contributed by atoms with Crippen LogP contribution in [0, 0.1) is 0 Å². The molecule has 122 valence electrons. The summed E-state index contributed by atoms with van der Waals surface area (Å²) in [7, 11) is 0. The van der Waals surface area contributed by atoms with E-state index in [2.05, 4.69) is 11.8 Å². The molecular weight excluding hydrogens is 302 g/mol. The van der Waals surface area contributed by atoms with Crippen molar-refractivity contribution >= 4 is 29.1 Å². The Balaban J connectivity index is 2.09. The van der Waals surface area contributed by atoms with Crippen molar-refractivity contribution in [3.63, 3.8) is 0 Å². The summed E-state index contributed by atoms with van der Waals surface area (Å²) < 4.78 is 5.43. The van der Waals surface area contributed by atoms with E-state index in [4.69, 9.17) is 22.1 Å². The largest absolute Gasteiger partial charge is 0.444 e. The first-order valence-corrected chi connectivity index (χ1v) is 7.85. The maximum absolute atomic E-state index is 12.2. The highest BCUT2D eigenvalue weighted by Crippen LogP contribution is 2.34. The summed E-state index contributed by atoms with van der Waals surface area (Å²) >= 11 is 6.29. The number of nitrogens with zero attached hydrogens (tertiary/aromatic N) is 2. The van der Waals surface area contributed by atoms with Gasteiger partial charge < -0.3 is 20.3 Å². The fourth-order valence-electron chi connectivity index (χ4n) is 2.62. The lowest BCUT2D eigenvalue weighted by Gasteiger charge is -2.42. The van der Waals surface area contributed by atoms with Gasteiger partial charge in [0.25, 0.3) is 0 Å². The minimum Gasteiger partial charge on any atom is -0.444 e. The van der Waals surface area contributed by atoms with Crippen LogP contribution >= 0.6 is 11.6 Å². The number of ether oxygens (including phenoxy) is 1. The second-order valence-electron chi connectivity index (χ2n) is 6.65. The fourth-order valence-corrected chi connectivity index (χ4v) is 2.91. The third-order valence-electron chi connectivity index (χ3n) is 3.58. The number of nitrogens with two attached hydrogens (primary N) is 1. The van der Waals surface area contributed by atoms with Crippen LogP contribution in [0.3, 0.4) is 0 Å². The molecular formula is C16H24ClN3O2. The van der Waals surface area contributed by atoms with Gasteiger partial charge in [0.2, 0.25) is 0 Å². The normalized spacial score (nSPS) is 19.2. The number of hydrogen-bond acceptors (Lipinski definition) is 4. The van der Waals surface area contributed by atoms with Gasteiger partial charge in [-0.1, -0.05) is 17.7 Å². The molecule has 1 atom stereocenters. The van der Waals surface area contributed by atoms with Gasteiger partial charge in [0.1, 0.15) is 5.60 Å². The minimum atomic E-state index is -0.482. The second-order valence-corrected chi connectivity index (χ2v) is 7.05. The van der Waals surface area contributed by atoms with E-state index in [-0.39, 0.29) is 12.1 Å². The van der Waals surface area contributed by atoms with E-state index in [0.717, 1.165) is 5.69 Å². The molecule has 0 radical (unpaired) electrons. The molecule has 1 heterocycles. The molecule has 0 aliphatic carbocycles. The molecule has 0 bridgehead atoms. The van der Waals surface area contributed by atoms with Crippen molar-refractivity contribution < 1.29 is 9.53 Å². The molecule has 1 saturated heterocycles. The maximum Gasteiger partial charge on any atom is 0.410 e. The van der Waals surface area contributed by atoms with Gasteiger partial charge in [0.05, 0.1) is 16.4 Å². The van der Waals surface area contributed by atoms with E-state index >= 15 is 0 Å². The topological polar surface area (TPSA) is 58.8 Å². The average molecular weight is 326 g/mol. The highest BCUT2D eigenvalue weighted by molar-refractivity contribution is 6.34. The molecule has 2 N–H and O–H groups in total. The van der Waals surface area contributed by atoms with E-state index in [9.17, 15) is 4.79 Å². The Morgan fingerprint density at radius 1 is 1.36 bits per heavy atom. The monoisotopic (exact) mass is 325 g/mol. The Bertz CT molecular complexity index is 537. The van der Waals surface area contributed by atoms with Crippen molar-refractivity contribution in [2.45, 2.75) is 39.3 Å². The van der Waals surface area contributed by atoms with Crippen LogP contribution in [0.1, 0.15) is 27.7 Å². The van der Waals surface area contributed by atoms with Crippen LogP contribution in [0.2, 0.25) is 5.02 Å². The predicted octanol–water partition coefficient (Wildman–Crippen LogP) is 3.37. The van der Waals surface area contributed by atoms with Crippen molar-refractivity contribution in [1.82, 2.24) is 4.90 Å². The number of piperazine rings is 1. The number of para-hydroxylation sites is 1. The van der Waals surface area contributed by atoms with Gasteiger partial charge in [-0.2, -0.15) is 0 Å². The van der Waals surface area contributed by atoms with Crippen LogP contribution in [0.4, 0.5) is 16.2 Å². The molecule has 1 aliphatic rings. The number of hydrogen-bond donors (Lipinski definition) is 1. The molecule has 5 nitrogen and oxygen atoms in total. The molecule has 0 spiro atoms. The van der Waals surface area contributed by atoms with E-state index in [1.807, 2.05) is 39.0 Å². The zero-order chi connectivity index (χ0) is 16.5. The number of nitrogen functional groups attached to an aromatic ring is 1. The third kappa shape index (κ3) is 3.77. The molecule has 22 heavy (non-hydrogen) atoms. The van der Waals surface area contributed by atoms with Gasteiger partial charge in [-0.25, -0.2) is 4.79 Å². The molecule has 1 aromatic carbocycles. The van der Waals surface area contributed by atoms with Gasteiger partial charge in [0, 0.05) is 25.7 Å². The SMILES string of the molecule is CC1CN(C(=O)OC(C)(C)C)CCN1c1c(N)cccc1Cl. The van der Waals surface area contributed by atoms with E-state index in [1.54, 1.807) is 4.90 Å². The standard InChI is InChI=1S/C16H24ClN3O2/c1-11-10-19(15(21)22-16(2,3)4)8-9-20(11)14-12(17)6-5-7-13(14)18/h5-7,11H,8-10,18H2,1-4H3. The third-order valence-corrected chi connectivity index (χ3v) is 3.89. The molecule has 1 aromatic rings. The van der Waals surface area contributed by atoms with Gasteiger partial charge in [-0.05, 0) is 39.8 Å².